The van der Waals surface area contributed by atoms with Gasteiger partial charge >= 0.3 is 0 Å². The molecule has 0 aliphatic carbocycles. The van der Waals surface area contributed by atoms with Gasteiger partial charge in [0.1, 0.15) is 5.82 Å². The van der Waals surface area contributed by atoms with Crippen LogP contribution in [0, 0.1) is 5.82 Å². The number of aromatic nitrogens is 1. The second-order valence-corrected chi connectivity index (χ2v) is 5.70. The molecule has 22 heavy (non-hydrogen) atoms. The van der Waals surface area contributed by atoms with E-state index in [1.807, 2.05) is 0 Å². The van der Waals surface area contributed by atoms with Crippen molar-refractivity contribution in [2.45, 2.75) is 25.8 Å². The molecule has 6 heteroatoms. The fraction of sp³-hybridized carbons (Fsp3) is 0.375. The Morgan fingerprint density at radius 1 is 1.45 bits per heavy atom. The average Bonchev–Trinajstić information content (AvgIpc) is 3.06. The number of halogens is 1. The van der Waals surface area contributed by atoms with Crippen LogP contribution in [-0.2, 0) is 16.0 Å². The number of rotatable bonds is 3. The molecule has 2 heterocycles. The summed E-state index contributed by atoms with van der Waals surface area (Å²) in [5.41, 5.74) is 1.53. The summed E-state index contributed by atoms with van der Waals surface area (Å²) < 4.78 is 13.1. The average molecular weight is 303 g/mol. The van der Waals surface area contributed by atoms with Crippen LogP contribution in [0.5, 0.6) is 0 Å². The highest BCUT2D eigenvalue weighted by Gasteiger charge is 2.25. The van der Waals surface area contributed by atoms with Crippen LogP contribution in [0.2, 0.25) is 0 Å². The van der Waals surface area contributed by atoms with E-state index in [9.17, 15) is 14.0 Å². The zero-order valence-electron chi connectivity index (χ0n) is 12.4. The molecule has 1 aliphatic rings. The summed E-state index contributed by atoms with van der Waals surface area (Å²) in [5, 5.41) is 3.81. The maximum atomic E-state index is 13.1. The first kappa shape index (κ1) is 14.6. The van der Waals surface area contributed by atoms with E-state index in [-0.39, 0.29) is 30.1 Å². The number of nitrogens with one attached hydrogen (secondary N) is 2. The second kappa shape index (κ2) is 5.79. The molecule has 0 saturated carbocycles. The van der Waals surface area contributed by atoms with Gasteiger partial charge in [-0.05, 0) is 30.2 Å². The van der Waals surface area contributed by atoms with E-state index in [0.29, 0.717) is 18.6 Å². The van der Waals surface area contributed by atoms with Crippen LogP contribution < -0.4 is 5.32 Å². The van der Waals surface area contributed by atoms with Crippen LogP contribution in [0.25, 0.3) is 10.9 Å². The van der Waals surface area contributed by atoms with E-state index in [1.54, 1.807) is 17.2 Å². The van der Waals surface area contributed by atoms with Gasteiger partial charge in [-0.15, -0.1) is 0 Å². The van der Waals surface area contributed by atoms with Crippen molar-refractivity contribution in [2.24, 2.45) is 0 Å². The molecule has 2 N–H and O–H groups in total. The monoisotopic (exact) mass is 303 g/mol. The number of H-pyrrole nitrogens is 1. The first-order chi connectivity index (χ1) is 10.5. The van der Waals surface area contributed by atoms with Crippen LogP contribution in [0.15, 0.2) is 24.4 Å². The molecular weight excluding hydrogens is 285 g/mol. The molecule has 1 atom stereocenters. The lowest BCUT2D eigenvalue weighted by Gasteiger charge is -2.15. The van der Waals surface area contributed by atoms with Crippen molar-refractivity contribution in [1.29, 1.82) is 0 Å². The third-order valence-corrected chi connectivity index (χ3v) is 4.08. The topological polar surface area (TPSA) is 65.2 Å². The SMILES string of the molecule is CC(=O)N1CC[C@H](NC(=O)Cc2c[nH]c3cc(F)ccc23)C1. The number of carbonyl (C=O) groups is 2. The lowest BCUT2D eigenvalue weighted by molar-refractivity contribution is -0.128. The minimum Gasteiger partial charge on any atom is -0.361 e. The number of hydrogen-bond donors (Lipinski definition) is 2. The molecule has 1 fully saturated rings. The molecule has 0 unspecified atom stereocenters. The van der Waals surface area contributed by atoms with Crippen LogP contribution in [0.4, 0.5) is 4.39 Å². The zero-order valence-corrected chi connectivity index (χ0v) is 12.4. The summed E-state index contributed by atoms with van der Waals surface area (Å²) >= 11 is 0. The zero-order chi connectivity index (χ0) is 15.7. The third kappa shape index (κ3) is 2.95. The molecule has 0 bridgehead atoms. The van der Waals surface area contributed by atoms with E-state index in [2.05, 4.69) is 10.3 Å². The molecule has 2 amide bonds. The largest absolute Gasteiger partial charge is 0.361 e. The van der Waals surface area contributed by atoms with Crippen LogP contribution in [0.1, 0.15) is 18.9 Å². The Morgan fingerprint density at radius 3 is 3.00 bits per heavy atom. The fourth-order valence-electron chi connectivity index (χ4n) is 2.92. The van der Waals surface area contributed by atoms with Crippen LogP contribution in [0.3, 0.4) is 0 Å². The van der Waals surface area contributed by atoms with E-state index >= 15 is 0 Å². The minimum atomic E-state index is -0.305. The normalized spacial score (nSPS) is 17.9. The van der Waals surface area contributed by atoms with Crippen molar-refractivity contribution in [3.05, 3.63) is 35.8 Å². The summed E-state index contributed by atoms with van der Waals surface area (Å²) in [7, 11) is 0. The molecule has 0 radical (unpaired) electrons. The van der Waals surface area contributed by atoms with Crippen molar-refractivity contribution in [2.75, 3.05) is 13.1 Å². The Morgan fingerprint density at radius 2 is 2.27 bits per heavy atom. The van der Waals surface area contributed by atoms with Crippen molar-refractivity contribution in [3.8, 4) is 0 Å². The first-order valence-corrected chi connectivity index (χ1v) is 7.33. The van der Waals surface area contributed by atoms with Gasteiger partial charge in [0.25, 0.3) is 0 Å². The second-order valence-electron chi connectivity index (χ2n) is 5.70. The van der Waals surface area contributed by atoms with Crippen molar-refractivity contribution in [1.82, 2.24) is 15.2 Å². The molecule has 2 aromatic rings. The Balaban J connectivity index is 1.63. The molecule has 1 aromatic carbocycles. The highest BCUT2D eigenvalue weighted by molar-refractivity contribution is 5.89. The summed E-state index contributed by atoms with van der Waals surface area (Å²) in [6.07, 6.45) is 2.76. The Kier molecular flexibility index (Phi) is 3.83. The Hall–Kier alpha value is -2.37. The summed E-state index contributed by atoms with van der Waals surface area (Å²) in [5.74, 6) is -0.350. The van der Waals surface area contributed by atoms with E-state index < -0.39 is 0 Å². The molecule has 1 aromatic heterocycles. The predicted octanol–water partition coefficient (Wildman–Crippen LogP) is 1.59. The van der Waals surface area contributed by atoms with Gasteiger partial charge < -0.3 is 15.2 Å². The number of aromatic amines is 1. The summed E-state index contributed by atoms with van der Waals surface area (Å²) in [4.78, 5) is 28.1. The van der Waals surface area contributed by atoms with E-state index in [0.717, 1.165) is 17.4 Å². The molecule has 116 valence electrons. The van der Waals surface area contributed by atoms with Crippen molar-refractivity contribution < 1.29 is 14.0 Å². The predicted molar refractivity (Wildman–Crippen MR) is 80.8 cm³/mol. The highest BCUT2D eigenvalue weighted by Crippen LogP contribution is 2.20. The Labute approximate surface area is 127 Å². The number of amides is 2. The third-order valence-electron chi connectivity index (χ3n) is 4.08. The molecule has 1 aliphatic heterocycles. The minimum absolute atomic E-state index is 0.0130. The number of fused-ring (bicyclic) bond motifs is 1. The van der Waals surface area contributed by atoms with Crippen molar-refractivity contribution in [3.63, 3.8) is 0 Å². The van der Waals surface area contributed by atoms with Gasteiger partial charge in [0.05, 0.1) is 6.42 Å². The molecule has 5 nitrogen and oxygen atoms in total. The van der Waals surface area contributed by atoms with Crippen LogP contribution in [-0.4, -0.2) is 40.8 Å². The lowest BCUT2D eigenvalue weighted by atomic mass is 10.1. The van der Waals surface area contributed by atoms with Gasteiger partial charge in [-0.2, -0.15) is 0 Å². The number of carbonyl (C=O) groups excluding carboxylic acids is 2. The van der Waals surface area contributed by atoms with Gasteiger partial charge in [0, 0.05) is 43.2 Å². The highest BCUT2D eigenvalue weighted by atomic mass is 19.1. The maximum Gasteiger partial charge on any atom is 0.224 e. The van der Waals surface area contributed by atoms with Crippen molar-refractivity contribution >= 4 is 22.7 Å². The number of likely N-dealkylation sites (tertiary alicyclic amines) is 1. The number of hydrogen-bond acceptors (Lipinski definition) is 2. The summed E-state index contributed by atoms with van der Waals surface area (Å²) in [6, 6.07) is 4.49. The summed E-state index contributed by atoms with van der Waals surface area (Å²) in [6.45, 7) is 2.79. The number of nitrogens with zero attached hydrogens (tertiary/aromatic N) is 1. The quantitative estimate of drug-likeness (QED) is 0.904. The smallest absolute Gasteiger partial charge is 0.224 e. The van der Waals surface area contributed by atoms with Gasteiger partial charge in [-0.25, -0.2) is 4.39 Å². The number of benzene rings is 1. The van der Waals surface area contributed by atoms with Gasteiger partial charge in [-0.3, -0.25) is 9.59 Å². The lowest BCUT2D eigenvalue weighted by Crippen LogP contribution is -2.38. The molecule has 3 rings (SSSR count). The standard InChI is InChI=1S/C16H18FN3O2/c1-10(21)20-5-4-13(9-20)19-16(22)6-11-8-18-15-7-12(17)2-3-14(11)15/h2-3,7-8,13,18H,4-6,9H2,1H3,(H,19,22)/t13-/m0/s1. The molecule has 0 spiro atoms. The molecular formula is C16H18FN3O2. The van der Waals surface area contributed by atoms with E-state index in [1.165, 1.54) is 19.1 Å². The van der Waals surface area contributed by atoms with Gasteiger partial charge in [0.15, 0.2) is 0 Å². The Bertz CT molecular complexity index is 725. The van der Waals surface area contributed by atoms with Gasteiger partial charge in [0.2, 0.25) is 11.8 Å². The fourth-order valence-corrected chi connectivity index (χ4v) is 2.92. The van der Waals surface area contributed by atoms with Gasteiger partial charge in [-0.1, -0.05) is 0 Å². The van der Waals surface area contributed by atoms with Crippen LogP contribution >= 0.6 is 0 Å². The molecule has 1 saturated heterocycles. The van der Waals surface area contributed by atoms with E-state index in [4.69, 9.17) is 0 Å². The first-order valence-electron chi connectivity index (χ1n) is 7.33. The maximum absolute atomic E-state index is 13.1.